The Kier molecular flexibility index (Phi) is 5.69. The van der Waals surface area contributed by atoms with Gasteiger partial charge in [-0.15, -0.1) is 11.3 Å². The van der Waals surface area contributed by atoms with Crippen molar-refractivity contribution in [2.75, 3.05) is 17.7 Å². The number of thioether (sulfide) groups is 1. The van der Waals surface area contributed by atoms with Crippen molar-refractivity contribution in [3.8, 4) is 10.6 Å². The van der Waals surface area contributed by atoms with Crippen molar-refractivity contribution >= 4 is 50.9 Å². The van der Waals surface area contributed by atoms with E-state index in [9.17, 15) is 14.4 Å². The highest BCUT2D eigenvalue weighted by molar-refractivity contribution is 7.99. The number of fused-ring (bicyclic) bond motifs is 2. The molecule has 2 aromatic heterocycles. The molecule has 1 N–H and O–H groups in total. The molecule has 0 aliphatic carbocycles. The molecular weight excluding hydrogens is 460 g/mol. The lowest BCUT2D eigenvalue weighted by Crippen LogP contribution is -2.29. The van der Waals surface area contributed by atoms with E-state index in [0.29, 0.717) is 17.4 Å². The number of thiazole rings is 1. The van der Waals surface area contributed by atoms with Crippen LogP contribution in [0.25, 0.3) is 20.8 Å². The smallest absolute Gasteiger partial charge is 0.345 e. The zero-order valence-electron chi connectivity index (χ0n) is 17.5. The highest BCUT2D eigenvalue weighted by Crippen LogP contribution is 2.31. The van der Waals surface area contributed by atoms with Crippen LogP contribution in [-0.2, 0) is 16.1 Å². The number of carbonyl (C=O) groups is 2. The summed E-state index contributed by atoms with van der Waals surface area (Å²) in [7, 11) is 0. The van der Waals surface area contributed by atoms with E-state index < -0.39 is 24.0 Å². The van der Waals surface area contributed by atoms with Crippen LogP contribution in [0.3, 0.4) is 0 Å². The molecule has 0 radical (unpaired) electrons. The first-order valence-electron chi connectivity index (χ1n) is 10.2. The minimum absolute atomic E-state index is 0.176. The maximum Gasteiger partial charge on any atom is 0.345 e. The van der Waals surface area contributed by atoms with Crippen molar-refractivity contribution in [1.82, 2.24) is 14.5 Å². The molecule has 0 fully saturated rings. The van der Waals surface area contributed by atoms with Crippen LogP contribution in [0, 0.1) is 6.92 Å². The van der Waals surface area contributed by atoms with E-state index in [-0.39, 0.29) is 5.56 Å². The van der Waals surface area contributed by atoms with Gasteiger partial charge in [0.25, 0.3) is 11.5 Å². The molecule has 0 spiro atoms. The molecule has 1 aliphatic heterocycles. The van der Waals surface area contributed by atoms with Gasteiger partial charge in [-0.05, 0) is 48.9 Å². The third-order valence-corrected chi connectivity index (χ3v) is 7.11. The maximum absolute atomic E-state index is 12.4. The van der Waals surface area contributed by atoms with Crippen molar-refractivity contribution in [2.24, 2.45) is 0 Å². The average Bonchev–Trinajstić information content (AvgIpc) is 3.45. The molecule has 8 nitrogen and oxygen atoms in total. The summed E-state index contributed by atoms with van der Waals surface area (Å²) in [5.74, 6) is -0.631. The molecule has 0 atom stereocenters. The summed E-state index contributed by atoms with van der Waals surface area (Å²) in [6.45, 7) is 2.04. The fourth-order valence-corrected chi connectivity index (χ4v) is 5.40. The number of esters is 1. The highest BCUT2D eigenvalue weighted by atomic mass is 32.2. The number of amides is 1. The average molecular weight is 479 g/mol. The Labute approximate surface area is 196 Å². The minimum Gasteiger partial charge on any atom is -0.452 e. The van der Waals surface area contributed by atoms with Gasteiger partial charge < -0.3 is 10.1 Å². The van der Waals surface area contributed by atoms with Crippen molar-refractivity contribution in [3.63, 3.8) is 0 Å². The molecule has 4 aromatic rings. The topological polar surface area (TPSA) is 103 Å². The Bertz CT molecular complexity index is 1440. The lowest BCUT2D eigenvalue weighted by Gasteiger charge is -2.08. The molecule has 0 unspecified atom stereocenters. The van der Waals surface area contributed by atoms with E-state index in [1.807, 2.05) is 31.2 Å². The first kappa shape index (κ1) is 21.4. The second kappa shape index (κ2) is 8.80. The van der Waals surface area contributed by atoms with Gasteiger partial charge in [-0.25, -0.2) is 14.8 Å². The number of anilines is 1. The van der Waals surface area contributed by atoms with Crippen molar-refractivity contribution < 1.29 is 14.3 Å². The van der Waals surface area contributed by atoms with Crippen LogP contribution in [-0.4, -0.2) is 38.8 Å². The number of benzene rings is 2. The van der Waals surface area contributed by atoms with Gasteiger partial charge >= 0.3 is 5.97 Å². The maximum atomic E-state index is 12.4. The van der Waals surface area contributed by atoms with Crippen LogP contribution >= 0.6 is 23.1 Å². The number of ether oxygens (including phenoxy) is 1. The second-order valence-corrected chi connectivity index (χ2v) is 9.54. The van der Waals surface area contributed by atoms with Gasteiger partial charge in [0.15, 0.2) is 11.8 Å². The highest BCUT2D eigenvalue weighted by Gasteiger charge is 2.21. The molecule has 0 bridgehead atoms. The van der Waals surface area contributed by atoms with E-state index in [2.05, 4.69) is 21.4 Å². The van der Waals surface area contributed by atoms with Crippen LogP contribution in [0.15, 0.2) is 58.6 Å². The molecule has 33 heavy (non-hydrogen) atoms. The van der Waals surface area contributed by atoms with Gasteiger partial charge in [0.1, 0.15) is 10.6 Å². The minimum atomic E-state index is -0.865. The summed E-state index contributed by atoms with van der Waals surface area (Å²) in [6, 6.07) is 13.4. The fourth-order valence-electron chi connectivity index (χ4n) is 3.41. The van der Waals surface area contributed by atoms with E-state index in [1.165, 1.54) is 28.1 Å². The summed E-state index contributed by atoms with van der Waals surface area (Å²) in [5.41, 5.74) is 3.03. The molecule has 1 aliphatic rings. The van der Waals surface area contributed by atoms with Gasteiger partial charge in [-0.1, -0.05) is 17.8 Å². The molecule has 166 valence electrons. The number of hydrogen-bond acceptors (Lipinski definition) is 8. The molecular formula is C23H18N4O4S2. The summed E-state index contributed by atoms with van der Waals surface area (Å²) in [6.07, 6.45) is 1.20. The Morgan fingerprint density at radius 3 is 2.82 bits per heavy atom. The van der Waals surface area contributed by atoms with E-state index in [4.69, 9.17) is 4.74 Å². The van der Waals surface area contributed by atoms with E-state index >= 15 is 0 Å². The second-order valence-electron chi connectivity index (χ2n) is 7.45. The van der Waals surface area contributed by atoms with Gasteiger partial charge in [0, 0.05) is 23.5 Å². The largest absolute Gasteiger partial charge is 0.452 e. The van der Waals surface area contributed by atoms with Crippen LogP contribution in [0.1, 0.15) is 15.9 Å². The zero-order chi connectivity index (χ0) is 22.9. The third kappa shape index (κ3) is 4.39. The number of aryl methyl sites for hydroxylation is 1. The number of carbonyl (C=O) groups excluding carboxylic acids is 2. The van der Waals surface area contributed by atoms with E-state index in [0.717, 1.165) is 26.5 Å². The Morgan fingerprint density at radius 2 is 2.00 bits per heavy atom. The zero-order valence-corrected chi connectivity index (χ0v) is 19.2. The number of nitrogens with zero attached hydrogens (tertiary/aromatic N) is 3. The number of aromatic nitrogens is 3. The summed E-state index contributed by atoms with van der Waals surface area (Å²) >= 11 is 3.07. The van der Waals surface area contributed by atoms with E-state index in [1.54, 1.807) is 23.5 Å². The SMILES string of the molecule is Cc1ccc2nc(-c3ccc(NC(=O)COC(=O)c4cnc5n(c4=O)CCS5)cc3)sc2c1. The Balaban J connectivity index is 1.20. The summed E-state index contributed by atoms with van der Waals surface area (Å²) < 4.78 is 7.59. The molecule has 1 amide bonds. The number of rotatable bonds is 5. The predicted octanol–water partition coefficient (Wildman–Crippen LogP) is 3.73. The van der Waals surface area contributed by atoms with Gasteiger partial charge in [0.05, 0.1) is 16.4 Å². The van der Waals surface area contributed by atoms with Crippen molar-refractivity contribution in [1.29, 1.82) is 0 Å². The fraction of sp³-hybridized carbons (Fsp3) is 0.174. The van der Waals surface area contributed by atoms with Gasteiger partial charge in [-0.3, -0.25) is 14.2 Å². The molecule has 0 saturated carbocycles. The first-order valence-corrected chi connectivity index (χ1v) is 12.0. The van der Waals surface area contributed by atoms with Crippen molar-refractivity contribution in [2.45, 2.75) is 18.6 Å². The molecule has 0 saturated heterocycles. The Hall–Kier alpha value is -3.50. The normalized spacial score (nSPS) is 12.5. The molecule has 3 heterocycles. The first-order chi connectivity index (χ1) is 16.0. The third-order valence-electron chi connectivity index (χ3n) is 5.07. The van der Waals surface area contributed by atoms with Crippen LogP contribution in [0.5, 0.6) is 0 Å². The summed E-state index contributed by atoms with van der Waals surface area (Å²) in [4.78, 5) is 45.6. The molecule has 10 heteroatoms. The van der Waals surface area contributed by atoms with Crippen LogP contribution in [0.4, 0.5) is 5.69 Å². The van der Waals surface area contributed by atoms with Gasteiger partial charge in [0.2, 0.25) is 0 Å². The lowest BCUT2D eigenvalue weighted by molar-refractivity contribution is -0.119. The van der Waals surface area contributed by atoms with Crippen LogP contribution < -0.4 is 10.9 Å². The van der Waals surface area contributed by atoms with Crippen molar-refractivity contribution in [3.05, 3.63) is 70.1 Å². The number of hydrogen-bond donors (Lipinski definition) is 1. The molecule has 2 aromatic carbocycles. The van der Waals surface area contributed by atoms with Crippen LogP contribution in [0.2, 0.25) is 0 Å². The van der Waals surface area contributed by atoms with Gasteiger partial charge in [-0.2, -0.15) is 0 Å². The summed E-state index contributed by atoms with van der Waals surface area (Å²) in [5, 5.41) is 4.16. The standard InChI is InChI=1S/C23H18N4O4S2/c1-13-2-7-17-18(10-13)33-20(26-17)14-3-5-15(6-4-14)25-19(28)12-31-22(30)16-11-24-23-27(21(16)29)8-9-32-23/h2-7,10-11H,8-9,12H2,1H3,(H,25,28). The number of nitrogens with one attached hydrogen (secondary N) is 1. The lowest BCUT2D eigenvalue weighted by atomic mass is 10.2. The quantitative estimate of drug-likeness (QED) is 0.344. The predicted molar refractivity (Wildman–Crippen MR) is 128 cm³/mol. The monoisotopic (exact) mass is 478 g/mol. The molecule has 5 rings (SSSR count). The Morgan fingerprint density at radius 1 is 1.18 bits per heavy atom.